The van der Waals surface area contributed by atoms with Crippen molar-refractivity contribution in [3.63, 3.8) is 0 Å². The monoisotopic (exact) mass is 260 g/mol. The van der Waals surface area contributed by atoms with E-state index in [9.17, 15) is 4.57 Å². The summed E-state index contributed by atoms with van der Waals surface area (Å²) < 4.78 is 21.7. The molecule has 0 radical (unpaired) electrons. The highest BCUT2D eigenvalue weighted by Gasteiger charge is 2.21. The molecule has 0 aromatic rings. The van der Waals surface area contributed by atoms with Gasteiger partial charge in [-0.15, -0.1) is 23.2 Å². The molecule has 2 unspecified atom stereocenters. The number of hydrogen-bond donors (Lipinski definition) is 0. The Labute approximate surface area is 94.9 Å². The van der Waals surface area contributed by atoms with Gasteiger partial charge in [0, 0.05) is 5.82 Å². The van der Waals surface area contributed by atoms with E-state index >= 15 is 0 Å². The van der Waals surface area contributed by atoms with Crippen LogP contribution in [-0.2, 0) is 13.6 Å². The number of alkyl halides is 2. The lowest BCUT2D eigenvalue weighted by atomic mass is 10.5. The molecule has 0 saturated carbocycles. The third kappa shape index (κ3) is 6.86. The number of halogens is 2. The average Bonchev–Trinajstić information content (AvgIpc) is 2.11. The van der Waals surface area contributed by atoms with Gasteiger partial charge in [0.15, 0.2) is 0 Å². The van der Waals surface area contributed by atoms with Gasteiger partial charge in [-0.25, -0.2) is 0 Å². The molecule has 0 saturated heterocycles. The molecule has 0 rings (SSSR count). The summed E-state index contributed by atoms with van der Waals surface area (Å²) in [6.07, 6.45) is 0. The van der Waals surface area contributed by atoms with E-state index in [1.807, 2.05) is 0 Å². The minimum atomic E-state index is -3.21. The molecule has 0 heterocycles. The lowest BCUT2D eigenvalue weighted by Crippen LogP contribution is -2.07. The zero-order chi connectivity index (χ0) is 11.2. The van der Waals surface area contributed by atoms with Gasteiger partial charge in [0.1, 0.15) is 0 Å². The summed E-state index contributed by atoms with van der Waals surface area (Å²) in [6.45, 7) is 7.17. The highest BCUT2D eigenvalue weighted by atomic mass is 35.5. The SMILES string of the molecule is C=CP(=O)(OCC(C)Cl)OCC(C)Cl. The Balaban J connectivity index is 4.05. The second kappa shape index (κ2) is 6.86. The molecular weight excluding hydrogens is 246 g/mol. The van der Waals surface area contributed by atoms with Crippen LogP contribution in [0.1, 0.15) is 13.8 Å². The second-order valence-electron chi connectivity index (χ2n) is 2.88. The Morgan fingerprint density at radius 3 is 1.86 bits per heavy atom. The predicted molar refractivity (Wildman–Crippen MR) is 60.3 cm³/mol. The molecule has 0 amide bonds. The highest BCUT2D eigenvalue weighted by Crippen LogP contribution is 2.49. The van der Waals surface area contributed by atoms with Crippen molar-refractivity contribution in [3.8, 4) is 0 Å². The molecule has 0 bridgehead atoms. The summed E-state index contributed by atoms with van der Waals surface area (Å²) in [7, 11) is -3.21. The Kier molecular flexibility index (Phi) is 7.09. The van der Waals surface area contributed by atoms with E-state index in [-0.39, 0.29) is 24.0 Å². The molecule has 3 nitrogen and oxygen atoms in total. The number of rotatable bonds is 7. The molecule has 0 aromatic carbocycles. The van der Waals surface area contributed by atoms with Crippen LogP contribution in [0.2, 0.25) is 0 Å². The van der Waals surface area contributed by atoms with Gasteiger partial charge in [0.2, 0.25) is 0 Å². The fraction of sp³-hybridized carbons (Fsp3) is 0.750. The molecule has 0 aromatic heterocycles. The Hall–Kier alpha value is 0.470. The smallest absolute Gasteiger partial charge is 0.304 e. The van der Waals surface area contributed by atoms with Crippen LogP contribution in [0.3, 0.4) is 0 Å². The third-order valence-corrected chi connectivity index (χ3v) is 2.91. The fourth-order valence-electron chi connectivity index (χ4n) is 0.556. The first-order valence-corrected chi connectivity index (χ1v) is 6.68. The normalized spacial score (nSPS) is 19.7. The lowest BCUT2D eigenvalue weighted by molar-refractivity contribution is 0.215. The molecule has 0 aliphatic rings. The van der Waals surface area contributed by atoms with Crippen molar-refractivity contribution < 1.29 is 13.6 Å². The van der Waals surface area contributed by atoms with E-state index in [0.717, 1.165) is 5.82 Å². The minimum Gasteiger partial charge on any atom is -0.304 e. The first-order valence-electron chi connectivity index (χ1n) is 4.20. The lowest BCUT2D eigenvalue weighted by Gasteiger charge is -2.16. The van der Waals surface area contributed by atoms with Crippen molar-refractivity contribution in [1.82, 2.24) is 0 Å². The van der Waals surface area contributed by atoms with E-state index in [0.29, 0.717) is 0 Å². The van der Waals surface area contributed by atoms with Crippen LogP contribution < -0.4 is 0 Å². The minimum absolute atomic E-state index is 0.154. The van der Waals surface area contributed by atoms with E-state index in [2.05, 4.69) is 6.58 Å². The maximum atomic E-state index is 11.7. The van der Waals surface area contributed by atoms with Crippen LogP contribution in [0.25, 0.3) is 0 Å². The third-order valence-electron chi connectivity index (χ3n) is 1.19. The van der Waals surface area contributed by atoms with Gasteiger partial charge in [0.05, 0.1) is 24.0 Å². The summed E-state index contributed by atoms with van der Waals surface area (Å²) >= 11 is 11.3. The van der Waals surface area contributed by atoms with E-state index < -0.39 is 7.60 Å². The molecule has 0 aliphatic heterocycles. The zero-order valence-electron chi connectivity index (χ0n) is 8.28. The maximum absolute atomic E-state index is 11.7. The second-order valence-corrected chi connectivity index (χ2v) is 6.33. The fourth-order valence-corrected chi connectivity index (χ4v) is 2.01. The van der Waals surface area contributed by atoms with Crippen molar-refractivity contribution in [2.75, 3.05) is 13.2 Å². The molecule has 0 N–H and O–H groups in total. The molecule has 14 heavy (non-hydrogen) atoms. The van der Waals surface area contributed by atoms with Crippen LogP contribution in [0, 0.1) is 0 Å². The quantitative estimate of drug-likeness (QED) is 0.518. The van der Waals surface area contributed by atoms with Crippen molar-refractivity contribution in [1.29, 1.82) is 0 Å². The van der Waals surface area contributed by atoms with Crippen LogP contribution >= 0.6 is 30.8 Å². The van der Waals surface area contributed by atoms with Gasteiger partial charge >= 0.3 is 7.60 Å². The summed E-state index contributed by atoms with van der Waals surface area (Å²) in [6, 6.07) is 0. The molecule has 0 spiro atoms. The topological polar surface area (TPSA) is 35.5 Å². The van der Waals surface area contributed by atoms with Gasteiger partial charge < -0.3 is 9.05 Å². The largest absolute Gasteiger partial charge is 0.353 e. The van der Waals surface area contributed by atoms with Crippen LogP contribution in [-0.4, -0.2) is 24.0 Å². The molecule has 6 heteroatoms. The Morgan fingerprint density at radius 1 is 1.29 bits per heavy atom. The van der Waals surface area contributed by atoms with E-state index in [4.69, 9.17) is 32.2 Å². The van der Waals surface area contributed by atoms with Gasteiger partial charge in [-0.3, -0.25) is 4.57 Å². The Morgan fingerprint density at radius 2 is 1.64 bits per heavy atom. The molecule has 2 atom stereocenters. The van der Waals surface area contributed by atoms with Crippen molar-refractivity contribution in [3.05, 3.63) is 12.4 Å². The Bertz CT molecular complexity index is 203. The maximum Gasteiger partial charge on any atom is 0.353 e. The van der Waals surface area contributed by atoms with Crippen LogP contribution in [0.15, 0.2) is 12.4 Å². The average molecular weight is 261 g/mol. The molecule has 0 aliphatic carbocycles. The standard InChI is InChI=1S/C8H15Cl2O3P/c1-4-14(11,12-5-7(2)9)13-6-8(3)10/h4,7-8H,1,5-6H2,2-3H3. The zero-order valence-corrected chi connectivity index (χ0v) is 10.7. The summed E-state index contributed by atoms with van der Waals surface area (Å²) in [5, 5.41) is -0.444. The highest BCUT2D eigenvalue weighted by molar-refractivity contribution is 7.57. The predicted octanol–water partition coefficient (Wildman–Crippen LogP) is 3.61. The first kappa shape index (κ1) is 14.5. The van der Waals surface area contributed by atoms with Crippen molar-refractivity contribution in [2.45, 2.75) is 24.6 Å². The van der Waals surface area contributed by atoms with Gasteiger partial charge in [0.25, 0.3) is 0 Å². The summed E-state index contributed by atoms with van der Waals surface area (Å²) in [5.41, 5.74) is 0. The van der Waals surface area contributed by atoms with E-state index in [1.165, 1.54) is 0 Å². The van der Waals surface area contributed by atoms with E-state index in [1.54, 1.807) is 13.8 Å². The summed E-state index contributed by atoms with van der Waals surface area (Å²) in [4.78, 5) is 0. The first-order chi connectivity index (χ1) is 6.39. The van der Waals surface area contributed by atoms with Crippen LogP contribution in [0.4, 0.5) is 0 Å². The molecule has 84 valence electrons. The molecular formula is C8H15Cl2O3P. The number of hydrogen-bond acceptors (Lipinski definition) is 3. The van der Waals surface area contributed by atoms with Crippen molar-refractivity contribution >= 4 is 30.8 Å². The van der Waals surface area contributed by atoms with Gasteiger partial charge in [-0.2, -0.15) is 0 Å². The van der Waals surface area contributed by atoms with Crippen molar-refractivity contribution in [2.24, 2.45) is 0 Å². The van der Waals surface area contributed by atoms with Gasteiger partial charge in [-0.05, 0) is 13.8 Å². The van der Waals surface area contributed by atoms with Crippen LogP contribution in [0.5, 0.6) is 0 Å². The van der Waals surface area contributed by atoms with Gasteiger partial charge in [-0.1, -0.05) is 6.58 Å². The molecule has 0 fully saturated rings. The summed E-state index contributed by atoms with van der Waals surface area (Å²) in [5.74, 6) is 1.16.